The van der Waals surface area contributed by atoms with E-state index in [0.717, 1.165) is 37.8 Å². The number of likely N-dealkylation sites (N-methyl/N-ethyl adjacent to an activating group) is 1. The van der Waals surface area contributed by atoms with E-state index in [9.17, 15) is 28.0 Å². The van der Waals surface area contributed by atoms with Crippen LogP contribution < -0.4 is 37.5 Å². The summed E-state index contributed by atoms with van der Waals surface area (Å²) in [5, 5.41) is 3.59. The Labute approximate surface area is 294 Å². The minimum Gasteiger partial charge on any atom is -0.365 e. The van der Waals surface area contributed by atoms with Crippen LogP contribution in [0.4, 0.5) is 28.9 Å². The molecular formula is C35H34F4N8O6. The molecule has 4 aromatic heterocycles. The summed E-state index contributed by atoms with van der Waals surface area (Å²) in [6.07, 6.45) is 3.73. The maximum absolute atomic E-state index is 15.6. The Balaban J connectivity index is 0.000000141. The summed E-state index contributed by atoms with van der Waals surface area (Å²) in [5.41, 5.74) is 2.75. The van der Waals surface area contributed by atoms with Crippen molar-refractivity contribution in [1.82, 2.24) is 24.3 Å². The van der Waals surface area contributed by atoms with Crippen LogP contribution in [0.1, 0.15) is 44.2 Å². The molecule has 14 nitrogen and oxygen atoms in total. The van der Waals surface area contributed by atoms with Crippen molar-refractivity contribution in [3.8, 4) is 0 Å². The van der Waals surface area contributed by atoms with Crippen molar-refractivity contribution in [2.24, 2.45) is 5.73 Å². The number of nitrogens with one attached hydrogen (secondary N) is 2. The second kappa shape index (κ2) is 12.1. The number of rotatable bonds is 4. The second-order valence-corrected chi connectivity index (χ2v) is 14.4. The molecular weight excluding hydrogens is 704 g/mol. The largest absolute Gasteiger partial charge is 0.365 e. The summed E-state index contributed by atoms with van der Waals surface area (Å²) >= 11 is 0. The van der Waals surface area contributed by atoms with Gasteiger partial charge in [-0.3, -0.25) is 19.2 Å². The average Bonchev–Trinajstić information content (AvgIpc) is 4.03. The average molecular weight is 739 g/mol. The number of benzene rings is 2. The number of anilines is 2. The van der Waals surface area contributed by atoms with Gasteiger partial charge in [-0.15, -0.1) is 0 Å². The van der Waals surface area contributed by atoms with Crippen LogP contribution >= 0.6 is 0 Å². The predicted octanol–water partition coefficient (Wildman–Crippen LogP) is 3.39. The zero-order chi connectivity index (χ0) is 37.0. The van der Waals surface area contributed by atoms with Crippen LogP contribution in [0.2, 0.25) is 0 Å². The molecule has 10 rings (SSSR count). The van der Waals surface area contributed by atoms with Gasteiger partial charge < -0.3 is 38.6 Å². The number of pyridine rings is 2. The van der Waals surface area contributed by atoms with Gasteiger partial charge in [0.2, 0.25) is 22.3 Å². The molecule has 0 radical (unpaired) electrons. The number of hydrogen-bond acceptors (Lipinski definition) is 10. The van der Waals surface area contributed by atoms with Crippen LogP contribution in [-0.4, -0.2) is 76.7 Å². The van der Waals surface area contributed by atoms with E-state index in [0.29, 0.717) is 45.7 Å². The number of nitrogens with two attached hydrogens (primary N) is 1. The molecule has 4 aliphatic rings. The van der Waals surface area contributed by atoms with Gasteiger partial charge in [-0.25, -0.2) is 17.6 Å². The lowest BCUT2D eigenvalue weighted by atomic mass is 10.1. The van der Waals surface area contributed by atoms with E-state index >= 15 is 8.78 Å². The number of piperazine rings is 1. The first kappa shape index (κ1) is 33.5. The first-order valence-electron chi connectivity index (χ1n) is 17.5. The molecule has 2 aliphatic heterocycles. The summed E-state index contributed by atoms with van der Waals surface area (Å²) < 4.78 is 74.1. The van der Waals surface area contributed by atoms with Gasteiger partial charge in [0, 0.05) is 57.4 Å². The maximum atomic E-state index is 15.6. The van der Waals surface area contributed by atoms with Crippen LogP contribution in [-0.2, 0) is 0 Å². The Morgan fingerprint density at radius 2 is 1.11 bits per heavy atom. The highest BCUT2D eigenvalue weighted by Crippen LogP contribution is 2.43. The number of H-pyrrole nitrogens is 2. The van der Waals surface area contributed by atoms with Crippen LogP contribution in [0.3, 0.4) is 0 Å². The fraction of sp³-hybridized carbons (Fsp3) is 0.429. The molecule has 2 aliphatic carbocycles. The summed E-state index contributed by atoms with van der Waals surface area (Å²) in [6.45, 7) is 3.15. The van der Waals surface area contributed by atoms with Gasteiger partial charge >= 0.3 is 0 Å². The first-order valence-corrected chi connectivity index (χ1v) is 17.5. The van der Waals surface area contributed by atoms with Gasteiger partial charge in [0.25, 0.3) is 11.1 Å². The van der Waals surface area contributed by atoms with E-state index in [2.05, 4.69) is 15.2 Å². The number of nitrogens with zero attached hydrogens (tertiary/aromatic N) is 5. The molecule has 278 valence electrons. The third-order valence-corrected chi connectivity index (χ3v) is 10.7. The highest BCUT2D eigenvalue weighted by Gasteiger charge is 2.36. The van der Waals surface area contributed by atoms with Crippen molar-refractivity contribution in [3.05, 3.63) is 76.6 Å². The lowest BCUT2D eigenvalue weighted by molar-refractivity contribution is 0.310. The topological polar surface area (TPSA) is 172 Å². The van der Waals surface area contributed by atoms with E-state index < -0.39 is 45.2 Å². The lowest BCUT2D eigenvalue weighted by Crippen LogP contribution is -2.45. The SMILES string of the molecule is CN1CCN(c2c(F)cc3c(=O)c4c(=O)[nH]oc4n(C4CC4)c3c2F)CC1.NC1CCN(c2c(F)cc3c(=O)c4c(=O)[nH]oc4n(C4CC4)c3c2F)C1. The van der Waals surface area contributed by atoms with Crippen LogP contribution in [0.25, 0.3) is 44.0 Å². The van der Waals surface area contributed by atoms with Crippen molar-refractivity contribution in [3.63, 3.8) is 0 Å². The van der Waals surface area contributed by atoms with Gasteiger partial charge in [-0.2, -0.15) is 10.3 Å². The van der Waals surface area contributed by atoms with E-state index in [1.807, 2.05) is 7.05 Å². The van der Waals surface area contributed by atoms with Crippen molar-refractivity contribution in [1.29, 1.82) is 0 Å². The van der Waals surface area contributed by atoms with Gasteiger partial charge in [-0.1, -0.05) is 0 Å². The molecule has 2 saturated carbocycles. The highest BCUT2D eigenvalue weighted by molar-refractivity contribution is 5.95. The monoisotopic (exact) mass is 738 g/mol. The van der Waals surface area contributed by atoms with Crippen molar-refractivity contribution in [2.75, 3.05) is 56.1 Å². The van der Waals surface area contributed by atoms with E-state index in [-0.39, 0.29) is 73.5 Å². The minimum absolute atomic E-state index is 0.00424. The lowest BCUT2D eigenvalue weighted by Gasteiger charge is -2.34. The molecule has 0 amide bonds. The Morgan fingerprint density at radius 3 is 1.53 bits per heavy atom. The Morgan fingerprint density at radius 1 is 0.660 bits per heavy atom. The number of aromatic nitrogens is 4. The standard InChI is InChI=1S/C18H18F2N4O3.C17H16F2N4O3/c1-22-4-6-23(7-5-22)15-11(19)8-10-14(13(15)20)24(9-2-3-9)18-12(16(10)25)17(26)21-27-18;18-10-5-9-13(12(19)14(10)22-4-3-7(20)6-22)23(8-1-2-8)17-11(15(9)24)16(25)21-26-17/h8-9H,2-7H2,1H3,(H,21,26);5,7-8H,1-4,6,20H2,(H,21,25). The number of halogens is 4. The second-order valence-electron chi connectivity index (χ2n) is 14.4. The van der Waals surface area contributed by atoms with E-state index in [4.69, 9.17) is 14.8 Å². The summed E-state index contributed by atoms with van der Waals surface area (Å²) in [7, 11) is 1.96. The van der Waals surface area contributed by atoms with Crippen LogP contribution in [0.5, 0.6) is 0 Å². The van der Waals surface area contributed by atoms with E-state index in [1.54, 1.807) is 9.80 Å². The van der Waals surface area contributed by atoms with Gasteiger partial charge in [0.1, 0.15) is 23.0 Å². The molecule has 6 heterocycles. The summed E-state index contributed by atoms with van der Waals surface area (Å²) in [5.74, 6) is -3.21. The van der Waals surface area contributed by atoms with Crippen LogP contribution in [0.15, 0.2) is 40.4 Å². The predicted molar refractivity (Wildman–Crippen MR) is 188 cm³/mol. The third-order valence-electron chi connectivity index (χ3n) is 10.7. The molecule has 4 N–H and O–H groups in total. The third kappa shape index (κ3) is 5.20. The zero-order valence-electron chi connectivity index (χ0n) is 28.4. The van der Waals surface area contributed by atoms with Gasteiger partial charge in [-0.05, 0) is 51.3 Å². The first-order chi connectivity index (χ1) is 25.4. The Hall–Kier alpha value is -5.36. The van der Waals surface area contributed by atoms with Crippen molar-refractivity contribution in [2.45, 2.75) is 50.2 Å². The molecule has 1 atom stereocenters. The highest BCUT2D eigenvalue weighted by atomic mass is 19.1. The minimum atomic E-state index is -0.831. The summed E-state index contributed by atoms with van der Waals surface area (Å²) in [4.78, 5) is 54.7. The Kier molecular flexibility index (Phi) is 7.64. The molecule has 1 unspecified atom stereocenters. The summed E-state index contributed by atoms with van der Waals surface area (Å²) in [6, 6.07) is 1.76. The number of hydrogen-bond donors (Lipinski definition) is 3. The zero-order valence-corrected chi connectivity index (χ0v) is 28.4. The smallest absolute Gasteiger partial charge is 0.293 e. The van der Waals surface area contributed by atoms with Crippen molar-refractivity contribution < 1.29 is 26.6 Å². The molecule has 4 fully saturated rings. The van der Waals surface area contributed by atoms with Crippen molar-refractivity contribution >= 4 is 55.4 Å². The quantitative estimate of drug-likeness (QED) is 0.228. The Bertz CT molecular complexity index is 2730. The molecule has 18 heteroatoms. The maximum Gasteiger partial charge on any atom is 0.293 e. The van der Waals surface area contributed by atoms with E-state index in [1.165, 1.54) is 9.13 Å². The molecule has 2 saturated heterocycles. The molecule has 2 aromatic carbocycles. The van der Waals surface area contributed by atoms with Crippen LogP contribution in [0, 0.1) is 23.3 Å². The fourth-order valence-electron chi connectivity index (χ4n) is 7.78. The molecule has 6 aromatic rings. The molecule has 0 bridgehead atoms. The number of aromatic amines is 2. The normalized spacial score (nSPS) is 19.6. The number of fused-ring (bicyclic) bond motifs is 4. The van der Waals surface area contributed by atoms with Gasteiger partial charge in [0.05, 0.1) is 21.8 Å². The molecule has 0 spiro atoms. The molecule has 53 heavy (non-hydrogen) atoms. The van der Waals surface area contributed by atoms with Gasteiger partial charge in [0.15, 0.2) is 22.4 Å². The fourth-order valence-corrected chi connectivity index (χ4v) is 7.78.